The Labute approximate surface area is 99.0 Å². The minimum absolute atomic E-state index is 0.402. The zero-order valence-electron chi connectivity index (χ0n) is 10.6. The van der Waals surface area contributed by atoms with Crippen molar-refractivity contribution in [2.75, 3.05) is 13.2 Å². The highest BCUT2D eigenvalue weighted by Crippen LogP contribution is 1.99. The maximum absolute atomic E-state index is 5.58. The molecule has 90 valence electrons. The Morgan fingerprint density at radius 3 is 2.38 bits per heavy atom. The van der Waals surface area contributed by atoms with Crippen molar-refractivity contribution in [1.82, 2.24) is 5.32 Å². The van der Waals surface area contributed by atoms with Gasteiger partial charge in [-0.15, -0.1) is 0 Å². The summed E-state index contributed by atoms with van der Waals surface area (Å²) in [6, 6.07) is 10.8. The lowest BCUT2D eigenvalue weighted by atomic mass is 10.2. The Kier molecular flexibility index (Phi) is 6.12. The molecular formula is C14H23NO. The van der Waals surface area contributed by atoms with Crippen molar-refractivity contribution in [3.05, 3.63) is 35.9 Å². The van der Waals surface area contributed by atoms with E-state index in [-0.39, 0.29) is 0 Å². The van der Waals surface area contributed by atoms with Crippen LogP contribution >= 0.6 is 0 Å². The molecule has 1 unspecified atom stereocenters. The van der Waals surface area contributed by atoms with Gasteiger partial charge in [-0.05, 0) is 18.4 Å². The van der Waals surface area contributed by atoms with Gasteiger partial charge in [0.05, 0.1) is 6.61 Å². The molecule has 1 aromatic carbocycles. The van der Waals surface area contributed by atoms with Crippen molar-refractivity contribution < 1.29 is 4.74 Å². The van der Waals surface area contributed by atoms with Gasteiger partial charge < -0.3 is 10.1 Å². The Hall–Kier alpha value is -0.860. The predicted octanol–water partition coefficient (Wildman–Crippen LogP) is 2.84. The van der Waals surface area contributed by atoms with Crippen LogP contribution in [0.5, 0.6) is 0 Å². The molecule has 0 amide bonds. The number of benzene rings is 1. The maximum atomic E-state index is 5.58. The molecule has 2 nitrogen and oxygen atoms in total. The molecule has 0 saturated heterocycles. The van der Waals surface area contributed by atoms with Gasteiger partial charge in [-0.1, -0.05) is 44.2 Å². The molecule has 1 N–H and O–H groups in total. The van der Waals surface area contributed by atoms with Gasteiger partial charge in [-0.25, -0.2) is 0 Å². The molecule has 0 fully saturated rings. The van der Waals surface area contributed by atoms with E-state index < -0.39 is 0 Å². The summed E-state index contributed by atoms with van der Waals surface area (Å²) in [4.78, 5) is 0. The van der Waals surface area contributed by atoms with Crippen LogP contribution in [-0.4, -0.2) is 19.3 Å². The van der Waals surface area contributed by atoms with E-state index in [2.05, 4.69) is 50.4 Å². The summed E-state index contributed by atoms with van der Waals surface area (Å²) in [5, 5.41) is 3.45. The van der Waals surface area contributed by atoms with Crippen LogP contribution in [-0.2, 0) is 11.3 Å². The lowest BCUT2D eigenvalue weighted by molar-refractivity contribution is 0.0935. The van der Waals surface area contributed by atoms with Crippen molar-refractivity contribution in [2.45, 2.75) is 33.4 Å². The van der Waals surface area contributed by atoms with E-state index in [0.717, 1.165) is 19.8 Å². The number of hydrogen-bond donors (Lipinski definition) is 1. The van der Waals surface area contributed by atoms with Gasteiger partial charge in [0.15, 0.2) is 0 Å². The van der Waals surface area contributed by atoms with Crippen LogP contribution in [0.1, 0.15) is 26.3 Å². The molecule has 0 radical (unpaired) electrons. The number of ether oxygens (including phenoxy) is 1. The summed E-state index contributed by atoms with van der Waals surface area (Å²) in [7, 11) is 0. The van der Waals surface area contributed by atoms with Gasteiger partial charge >= 0.3 is 0 Å². The van der Waals surface area contributed by atoms with Crippen LogP contribution in [0.3, 0.4) is 0 Å². The minimum atomic E-state index is 0.402. The predicted molar refractivity (Wildman–Crippen MR) is 68.4 cm³/mol. The fraction of sp³-hybridized carbons (Fsp3) is 0.571. The SMILES string of the molecule is CC(C)COCC(C)NCc1ccccc1. The minimum Gasteiger partial charge on any atom is -0.380 e. The van der Waals surface area contributed by atoms with Crippen LogP contribution in [0.15, 0.2) is 30.3 Å². The van der Waals surface area contributed by atoms with E-state index in [0.29, 0.717) is 12.0 Å². The summed E-state index contributed by atoms with van der Waals surface area (Å²) in [6.07, 6.45) is 0. The first-order valence-electron chi connectivity index (χ1n) is 6.03. The molecule has 0 aromatic heterocycles. The lowest BCUT2D eigenvalue weighted by Gasteiger charge is -2.15. The quantitative estimate of drug-likeness (QED) is 0.764. The first kappa shape index (κ1) is 13.2. The van der Waals surface area contributed by atoms with Crippen molar-refractivity contribution >= 4 is 0 Å². The number of nitrogens with one attached hydrogen (secondary N) is 1. The maximum Gasteiger partial charge on any atom is 0.0617 e. The van der Waals surface area contributed by atoms with E-state index in [1.54, 1.807) is 0 Å². The standard InChI is InChI=1S/C14H23NO/c1-12(2)10-16-11-13(3)15-9-14-7-5-4-6-8-14/h4-8,12-13,15H,9-11H2,1-3H3. The van der Waals surface area contributed by atoms with Crippen LogP contribution in [0.25, 0.3) is 0 Å². The average molecular weight is 221 g/mol. The van der Waals surface area contributed by atoms with Crippen molar-refractivity contribution in [2.24, 2.45) is 5.92 Å². The third-order valence-electron chi connectivity index (χ3n) is 2.32. The fourth-order valence-corrected chi connectivity index (χ4v) is 1.43. The Bertz CT molecular complexity index is 271. The monoisotopic (exact) mass is 221 g/mol. The molecule has 1 rings (SSSR count). The normalized spacial score (nSPS) is 13.0. The topological polar surface area (TPSA) is 21.3 Å². The molecule has 2 heteroatoms. The molecule has 0 bridgehead atoms. The largest absolute Gasteiger partial charge is 0.380 e. The molecule has 0 aliphatic carbocycles. The van der Waals surface area contributed by atoms with Crippen LogP contribution in [0, 0.1) is 5.92 Å². The highest BCUT2D eigenvalue weighted by molar-refractivity contribution is 5.14. The van der Waals surface area contributed by atoms with Crippen molar-refractivity contribution in [1.29, 1.82) is 0 Å². The summed E-state index contributed by atoms with van der Waals surface area (Å²) in [6.45, 7) is 9.03. The second kappa shape index (κ2) is 7.42. The second-order valence-electron chi connectivity index (χ2n) is 4.70. The number of rotatable bonds is 7. The van der Waals surface area contributed by atoms with Gasteiger partial charge in [0, 0.05) is 19.2 Å². The smallest absolute Gasteiger partial charge is 0.0617 e. The third kappa shape index (κ3) is 5.89. The molecule has 0 heterocycles. The third-order valence-corrected chi connectivity index (χ3v) is 2.32. The lowest BCUT2D eigenvalue weighted by Crippen LogP contribution is -2.30. The van der Waals surface area contributed by atoms with Crippen molar-refractivity contribution in [3.8, 4) is 0 Å². The zero-order chi connectivity index (χ0) is 11.8. The molecule has 0 spiro atoms. The average Bonchev–Trinajstić information content (AvgIpc) is 2.27. The summed E-state index contributed by atoms with van der Waals surface area (Å²) in [5.41, 5.74) is 1.32. The highest BCUT2D eigenvalue weighted by Gasteiger charge is 2.02. The molecule has 0 saturated carbocycles. The molecule has 16 heavy (non-hydrogen) atoms. The Morgan fingerprint density at radius 2 is 1.75 bits per heavy atom. The zero-order valence-corrected chi connectivity index (χ0v) is 10.6. The molecular weight excluding hydrogens is 198 g/mol. The first-order valence-corrected chi connectivity index (χ1v) is 6.03. The summed E-state index contributed by atoms with van der Waals surface area (Å²) in [5.74, 6) is 0.612. The van der Waals surface area contributed by atoms with Gasteiger partial charge in [-0.2, -0.15) is 0 Å². The van der Waals surface area contributed by atoms with Crippen LogP contribution in [0.4, 0.5) is 0 Å². The second-order valence-corrected chi connectivity index (χ2v) is 4.70. The first-order chi connectivity index (χ1) is 7.68. The van der Waals surface area contributed by atoms with Gasteiger partial charge in [0.25, 0.3) is 0 Å². The molecule has 0 aliphatic heterocycles. The van der Waals surface area contributed by atoms with Crippen LogP contribution < -0.4 is 5.32 Å². The van der Waals surface area contributed by atoms with E-state index in [9.17, 15) is 0 Å². The molecule has 1 atom stereocenters. The van der Waals surface area contributed by atoms with E-state index >= 15 is 0 Å². The highest BCUT2D eigenvalue weighted by atomic mass is 16.5. The summed E-state index contributed by atoms with van der Waals surface area (Å²) < 4.78 is 5.58. The number of hydrogen-bond acceptors (Lipinski definition) is 2. The Morgan fingerprint density at radius 1 is 1.06 bits per heavy atom. The fourth-order valence-electron chi connectivity index (χ4n) is 1.43. The van der Waals surface area contributed by atoms with Gasteiger partial charge in [-0.3, -0.25) is 0 Å². The van der Waals surface area contributed by atoms with E-state index in [4.69, 9.17) is 4.74 Å². The molecule has 1 aromatic rings. The van der Waals surface area contributed by atoms with Crippen LogP contribution in [0.2, 0.25) is 0 Å². The molecule has 0 aliphatic rings. The summed E-state index contributed by atoms with van der Waals surface area (Å²) >= 11 is 0. The van der Waals surface area contributed by atoms with E-state index in [1.165, 1.54) is 5.56 Å². The van der Waals surface area contributed by atoms with Gasteiger partial charge in [0.2, 0.25) is 0 Å². The van der Waals surface area contributed by atoms with E-state index in [1.807, 2.05) is 6.07 Å². The Balaban J connectivity index is 2.13. The van der Waals surface area contributed by atoms with Gasteiger partial charge in [0.1, 0.15) is 0 Å². The van der Waals surface area contributed by atoms with Crippen molar-refractivity contribution in [3.63, 3.8) is 0 Å².